The number of hydrogen-bond donors (Lipinski definition) is 1. The Hall–Kier alpha value is -1.10. The molecule has 2 nitrogen and oxygen atoms in total. The molecule has 0 aliphatic heterocycles. The topological polar surface area (TPSA) is 29.1 Å². The van der Waals surface area contributed by atoms with Gasteiger partial charge in [-0.25, -0.2) is 8.78 Å². The number of carbonyl (C=O) groups is 1. The SMILES string of the molecule is CNC(=O)CSCCc1cccc(F)c1F. The summed E-state index contributed by atoms with van der Waals surface area (Å²) in [6.45, 7) is 0. The summed E-state index contributed by atoms with van der Waals surface area (Å²) in [7, 11) is 1.56. The molecule has 0 heterocycles. The van der Waals surface area contributed by atoms with Crippen molar-refractivity contribution in [2.75, 3.05) is 18.6 Å². The third kappa shape index (κ3) is 3.81. The van der Waals surface area contributed by atoms with Crippen LogP contribution in [0.5, 0.6) is 0 Å². The second-order valence-corrected chi connectivity index (χ2v) is 4.29. The number of benzene rings is 1. The molecule has 0 atom stereocenters. The van der Waals surface area contributed by atoms with Gasteiger partial charge in [-0.05, 0) is 23.8 Å². The van der Waals surface area contributed by atoms with Crippen LogP contribution in [0, 0.1) is 11.6 Å². The van der Waals surface area contributed by atoms with Crippen LogP contribution >= 0.6 is 11.8 Å². The fourth-order valence-electron chi connectivity index (χ4n) is 1.16. The fourth-order valence-corrected chi connectivity index (χ4v) is 2.00. The third-order valence-corrected chi connectivity index (χ3v) is 3.02. The van der Waals surface area contributed by atoms with Crippen LogP contribution in [0.2, 0.25) is 0 Å². The van der Waals surface area contributed by atoms with Crippen LogP contribution in [0.15, 0.2) is 18.2 Å². The molecule has 0 radical (unpaired) electrons. The highest BCUT2D eigenvalue weighted by Gasteiger charge is 2.07. The van der Waals surface area contributed by atoms with Gasteiger partial charge in [-0.1, -0.05) is 12.1 Å². The lowest BCUT2D eigenvalue weighted by Gasteiger charge is -2.03. The number of carbonyl (C=O) groups excluding carboxylic acids is 1. The summed E-state index contributed by atoms with van der Waals surface area (Å²) >= 11 is 1.39. The second-order valence-electron chi connectivity index (χ2n) is 3.19. The third-order valence-electron chi connectivity index (χ3n) is 2.06. The Morgan fingerprint density at radius 1 is 1.44 bits per heavy atom. The highest BCUT2D eigenvalue weighted by atomic mass is 32.2. The minimum absolute atomic E-state index is 0.0651. The summed E-state index contributed by atoms with van der Waals surface area (Å²) < 4.78 is 26.0. The van der Waals surface area contributed by atoms with E-state index in [1.54, 1.807) is 13.1 Å². The molecule has 0 aliphatic rings. The molecule has 1 amide bonds. The molecule has 0 bridgehead atoms. The van der Waals surface area contributed by atoms with E-state index in [0.717, 1.165) is 6.07 Å². The van der Waals surface area contributed by atoms with Crippen molar-refractivity contribution in [3.63, 3.8) is 0 Å². The van der Waals surface area contributed by atoms with E-state index in [1.807, 2.05) is 0 Å². The summed E-state index contributed by atoms with van der Waals surface area (Å²) in [5.41, 5.74) is 0.351. The molecule has 1 rings (SSSR count). The van der Waals surface area contributed by atoms with Crippen molar-refractivity contribution in [2.45, 2.75) is 6.42 Å². The molecule has 5 heteroatoms. The van der Waals surface area contributed by atoms with E-state index < -0.39 is 11.6 Å². The molecule has 1 aromatic rings. The van der Waals surface area contributed by atoms with Gasteiger partial charge in [0.1, 0.15) is 0 Å². The van der Waals surface area contributed by atoms with Gasteiger partial charge in [0.25, 0.3) is 0 Å². The van der Waals surface area contributed by atoms with Gasteiger partial charge in [-0.15, -0.1) is 0 Å². The van der Waals surface area contributed by atoms with Crippen molar-refractivity contribution in [1.82, 2.24) is 5.32 Å². The Kier molecular flexibility index (Phi) is 5.25. The molecule has 0 aliphatic carbocycles. The fraction of sp³-hybridized carbons (Fsp3) is 0.364. The van der Waals surface area contributed by atoms with Gasteiger partial charge < -0.3 is 5.32 Å². The summed E-state index contributed by atoms with van der Waals surface area (Å²) in [5.74, 6) is -0.747. The lowest BCUT2D eigenvalue weighted by atomic mass is 10.1. The predicted molar refractivity (Wildman–Crippen MR) is 61.5 cm³/mol. The normalized spacial score (nSPS) is 10.2. The van der Waals surface area contributed by atoms with E-state index in [4.69, 9.17) is 0 Å². The first-order chi connectivity index (χ1) is 7.65. The smallest absolute Gasteiger partial charge is 0.229 e. The van der Waals surface area contributed by atoms with Crippen molar-refractivity contribution < 1.29 is 13.6 Å². The molecule has 1 N–H and O–H groups in total. The lowest BCUT2D eigenvalue weighted by Crippen LogP contribution is -2.20. The van der Waals surface area contributed by atoms with Gasteiger partial charge in [0, 0.05) is 7.05 Å². The highest BCUT2D eigenvalue weighted by molar-refractivity contribution is 7.99. The van der Waals surface area contributed by atoms with Crippen LogP contribution < -0.4 is 5.32 Å². The first-order valence-corrected chi connectivity index (χ1v) is 6.02. The van der Waals surface area contributed by atoms with Crippen LogP contribution in [0.3, 0.4) is 0 Å². The average Bonchev–Trinajstić information content (AvgIpc) is 2.29. The highest BCUT2D eigenvalue weighted by Crippen LogP contribution is 2.14. The molecule has 0 saturated heterocycles. The summed E-state index contributed by atoms with van der Waals surface area (Å²) in [6.07, 6.45) is 0.422. The zero-order valence-electron chi connectivity index (χ0n) is 8.93. The molecule has 88 valence electrons. The summed E-state index contributed by atoms with van der Waals surface area (Å²) in [4.78, 5) is 10.9. The van der Waals surface area contributed by atoms with E-state index >= 15 is 0 Å². The Labute approximate surface area is 97.4 Å². The van der Waals surface area contributed by atoms with Crippen molar-refractivity contribution in [3.05, 3.63) is 35.4 Å². The van der Waals surface area contributed by atoms with Gasteiger partial charge in [0.05, 0.1) is 5.75 Å². The number of rotatable bonds is 5. The molecular weight excluding hydrogens is 232 g/mol. The van der Waals surface area contributed by atoms with Crippen molar-refractivity contribution in [1.29, 1.82) is 0 Å². The quantitative estimate of drug-likeness (QED) is 0.804. The molecule has 0 aromatic heterocycles. The monoisotopic (exact) mass is 245 g/mol. The van der Waals surface area contributed by atoms with Crippen molar-refractivity contribution in [2.24, 2.45) is 0 Å². The van der Waals surface area contributed by atoms with E-state index in [-0.39, 0.29) is 5.91 Å². The van der Waals surface area contributed by atoms with E-state index in [0.29, 0.717) is 23.5 Å². The molecule has 1 aromatic carbocycles. The lowest BCUT2D eigenvalue weighted by molar-refractivity contribution is -0.118. The number of thioether (sulfide) groups is 1. The van der Waals surface area contributed by atoms with Crippen LogP contribution in [0.25, 0.3) is 0 Å². The predicted octanol–water partition coefficient (Wildman–Crippen LogP) is 1.99. The zero-order chi connectivity index (χ0) is 12.0. The number of aryl methyl sites for hydroxylation is 1. The largest absolute Gasteiger partial charge is 0.358 e. The second kappa shape index (κ2) is 6.48. The van der Waals surface area contributed by atoms with Crippen molar-refractivity contribution in [3.8, 4) is 0 Å². The first kappa shape index (κ1) is 13.0. The van der Waals surface area contributed by atoms with Gasteiger partial charge in [-0.2, -0.15) is 11.8 Å². The number of hydrogen-bond acceptors (Lipinski definition) is 2. The van der Waals surface area contributed by atoms with Gasteiger partial charge in [0.2, 0.25) is 5.91 Å². The van der Waals surface area contributed by atoms with E-state index in [9.17, 15) is 13.6 Å². The number of halogens is 2. The van der Waals surface area contributed by atoms with Gasteiger partial charge >= 0.3 is 0 Å². The van der Waals surface area contributed by atoms with Crippen LogP contribution in [0.4, 0.5) is 8.78 Å². The van der Waals surface area contributed by atoms with E-state index in [2.05, 4.69) is 5.32 Å². The average molecular weight is 245 g/mol. The zero-order valence-corrected chi connectivity index (χ0v) is 9.74. The number of amides is 1. The molecule has 0 unspecified atom stereocenters. The molecule has 0 fully saturated rings. The standard InChI is InChI=1S/C11H13F2NOS/c1-14-10(15)7-16-6-5-8-3-2-4-9(12)11(8)13/h2-4H,5-7H2,1H3,(H,14,15). The minimum Gasteiger partial charge on any atom is -0.358 e. The molecular formula is C11H13F2NOS. The maximum atomic E-state index is 13.2. The Morgan fingerprint density at radius 2 is 2.19 bits per heavy atom. The summed E-state index contributed by atoms with van der Waals surface area (Å²) in [6, 6.07) is 4.13. The number of nitrogens with one attached hydrogen (secondary N) is 1. The van der Waals surface area contributed by atoms with Crippen molar-refractivity contribution >= 4 is 17.7 Å². The Balaban J connectivity index is 2.38. The molecule has 0 spiro atoms. The molecule has 0 saturated carbocycles. The first-order valence-electron chi connectivity index (χ1n) is 4.86. The Bertz CT molecular complexity index is 371. The van der Waals surface area contributed by atoms with E-state index in [1.165, 1.54) is 17.8 Å². The van der Waals surface area contributed by atoms with Crippen LogP contribution in [-0.4, -0.2) is 24.5 Å². The minimum atomic E-state index is -0.825. The maximum absolute atomic E-state index is 13.2. The summed E-state index contributed by atoms with van der Waals surface area (Å²) in [5, 5.41) is 2.49. The maximum Gasteiger partial charge on any atom is 0.229 e. The van der Waals surface area contributed by atoms with Gasteiger partial charge in [0.15, 0.2) is 11.6 Å². The van der Waals surface area contributed by atoms with Crippen LogP contribution in [0.1, 0.15) is 5.56 Å². The Morgan fingerprint density at radius 3 is 2.88 bits per heavy atom. The molecule has 16 heavy (non-hydrogen) atoms. The van der Waals surface area contributed by atoms with Crippen LogP contribution in [-0.2, 0) is 11.2 Å². The van der Waals surface area contributed by atoms with Gasteiger partial charge in [-0.3, -0.25) is 4.79 Å².